The Morgan fingerprint density at radius 3 is 2.79 bits per heavy atom. The van der Waals surface area contributed by atoms with Crippen molar-refractivity contribution in [2.45, 2.75) is 39.0 Å². The van der Waals surface area contributed by atoms with Crippen molar-refractivity contribution in [1.82, 2.24) is 15.1 Å². The fourth-order valence-electron chi connectivity index (χ4n) is 3.04. The van der Waals surface area contributed by atoms with Crippen LogP contribution in [0.2, 0.25) is 0 Å². The number of carbonyl (C=O) groups excluding carboxylic acids is 1. The van der Waals surface area contributed by atoms with Crippen molar-refractivity contribution in [1.29, 1.82) is 0 Å². The van der Waals surface area contributed by atoms with Gasteiger partial charge in [-0.05, 0) is 37.5 Å². The topological polar surface area (TPSA) is 68.5 Å². The van der Waals surface area contributed by atoms with E-state index < -0.39 is 0 Å². The highest BCUT2D eigenvalue weighted by Gasteiger charge is 2.28. The van der Waals surface area contributed by atoms with E-state index in [9.17, 15) is 4.79 Å². The molecule has 0 N–H and O–H groups in total. The maximum absolute atomic E-state index is 12.6. The van der Waals surface area contributed by atoms with E-state index >= 15 is 0 Å². The Bertz CT molecular complexity index is 681. The number of hydrogen-bond acceptors (Lipinski definition) is 5. The summed E-state index contributed by atoms with van der Waals surface area (Å²) in [5.74, 6) is 2.33. The molecule has 1 aliphatic rings. The van der Waals surface area contributed by atoms with Gasteiger partial charge in [-0.3, -0.25) is 4.79 Å². The molecule has 1 aromatic heterocycles. The summed E-state index contributed by atoms with van der Waals surface area (Å²) in [6, 6.07) is 7.72. The second-order valence-electron chi connectivity index (χ2n) is 6.09. The molecule has 1 aliphatic heterocycles. The molecule has 1 saturated heterocycles. The Morgan fingerprint density at radius 1 is 1.33 bits per heavy atom. The smallest absolute Gasteiger partial charge is 0.227 e. The van der Waals surface area contributed by atoms with Crippen LogP contribution in [0.4, 0.5) is 0 Å². The molecular weight excluding hydrogens is 306 g/mol. The van der Waals surface area contributed by atoms with Gasteiger partial charge in [0.1, 0.15) is 5.75 Å². The Balaban J connectivity index is 1.59. The molecule has 0 spiro atoms. The van der Waals surface area contributed by atoms with Gasteiger partial charge < -0.3 is 14.1 Å². The normalized spacial score (nSPS) is 17.8. The molecule has 2 heterocycles. The zero-order valence-corrected chi connectivity index (χ0v) is 14.2. The third-order valence-electron chi connectivity index (χ3n) is 4.25. The molecule has 0 aliphatic carbocycles. The third-order valence-corrected chi connectivity index (χ3v) is 4.25. The van der Waals surface area contributed by atoms with Crippen LogP contribution >= 0.6 is 0 Å². The lowest BCUT2D eigenvalue weighted by molar-refractivity contribution is -0.131. The molecule has 2 aromatic rings. The Labute approximate surface area is 141 Å². The molecule has 0 radical (unpaired) electrons. The highest BCUT2D eigenvalue weighted by Crippen LogP contribution is 2.26. The number of aromatic nitrogens is 2. The predicted octanol–water partition coefficient (Wildman–Crippen LogP) is 2.73. The van der Waals surface area contributed by atoms with Crippen molar-refractivity contribution in [3.63, 3.8) is 0 Å². The molecule has 24 heavy (non-hydrogen) atoms. The minimum absolute atomic E-state index is 0.139. The average molecular weight is 329 g/mol. The van der Waals surface area contributed by atoms with Gasteiger partial charge in [0.15, 0.2) is 0 Å². The predicted molar refractivity (Wildman–Crippen MR) is 88.9 cm³/mol. The molecule has 128 valence electrons. The Kier molecular flexibility index (Phi) is 5.13. The van der Waals surface area contributed by atoms with Gasteiger partial charge in [0.2, 0.25) is 17.7 Å². The van der Waals surface area contributed by atoms with Crippen molar-refractivity contribution < 1.29 is 13.9 Å². The van der Waals surface area contributed by atoms with Gasteiger partial charge >= 0.3 is 0 Å². The minimum Gasteiger partial charge on any atom is -0.494 e. The first-order chi connectivity index (χ1) is 11.7. The summed E-state index contributed by atoms with van der Waals surface area (Å²) in [4.78, 5) is 14.5. The van der Waals surface area contributed by atoms with Gasteiger partial charge in [0.25, 0.3) is 0 Å². The molecule has 1 amide bonds. The van der Waals surface area contributed by atoms with E-state index in [0.29, 0.717) is 31.4 Å². The zero-order valence-electron chi connectivity index (χ0n) is 14.2. The summed E-state index contributed by atoms with van der Waals surface area (Å²) >= 11 is 0. The largest absolute Gasteiger partial charge is 0.494 e. The van der Waals surface area contributed by atoms with Gasteiger partial charge in [0, 0.05) is 20.0 Å². The van der Waals surface area contributed by atoms with Crippen molar-refractivity contribution in [2.24, 2.45) is 0 Å². The molecule has 0 bridgehead atoms. The van der Waals surface area contributed by atoms with Crippen LogP contribution in [0.5, 0.6) is 5.75 Å². The number of rotatable bonds is 5. The fourth-order valence-corrected chi connectivity index (χ4v) is 3.04. The first kappa shape index (κ1) is 16.5. The molecule has 1 fully saturated rings. The highest BCUT2D eigenvalue weighted by atomic mass is 16.5. The van der Waals surface area contributed by atoms with E-state index in [1.54, 1.807) is 6.92 Å². The molecule has 0 saturated carbocycles. The molecule has 1 atom stereocenters. The summed E-state index contributed by atoms with van der Waals surface area (Å²) in [6.07, 6.45) is 2.34. The number of benzene rings is 1. The van der Waals surface area contributed by atoms with E-state index in [1.807, 2.05) is 36.1 Å². The van der Waals surface area contributed by atoms with E-state index in [0.717, 1.165) is 30.7 Å². The van der Waals surface area contributed by atoms with E-state index in [2.05, 4.69) is 10.2 Å². The zero-order chi connectivity index (χ0) is 16.9. The highest BCUT2D eigenvalue weighted by molar-refractivity contribution is 5.79. The second kappa shape index (κ2) is 7.47. The van der Waals surface area contributed by atoms with Gasteiger partial charge in [-0.15, -0.1) is 10.2 Å². The van der Waals surface area contributed by atoms with Gasteiger partial charge in [-0.2, -0.15) is 0 Å². The average Bonchev–Trinajstić information content (AvgIpc) is 3.03. The number of aryl methyl sites for hydroxylation is 1. The van der Waals surface area contributed by atoms with Gasteiger partial charge in [-0.1, -0.05) is 12.1 Å². The van der Waals surface area contributed by atoms with Crippen LogP contribution in [0.15, 0.2) is 28.7 Å². The van der Waals surface area contributed by atoms with E-state index in [4.69, 9.17) is 9.15 Å². The maximum atomic E-state index is 12.6. The molecule has 1 unspecified atom stereocenters. The van der Waals surface area contributed by atoms with Gasteiger partial charge in [-0.25, -0.2) is 0 Å². The summed E-state index contributed by atoms with van der Waals surface area (Å²) in [6.45, 7) is 5.82. The number of hydrogen-bond donors (Lipinski definition) is 0. The molecule has 6 nitrogen and oxygen atoms in total. The molecule has 1 aromatic carbocycles. The van der Waals surface area contributed by atoms with Crippen molar-refractivity contribution >= 4 is 5.91 Å². The Morgan fingerprint density at radius 2 is 2.12 bits per heavy atom. The first-order valence-corrected chi connectivity index (χ1v) is 8.45. The number of piperidine rings is 1. The number of ether oxygens (including phenoxy) is 1. The monoisotopic (exact) mass is 329 g/mol. The standard InChI is InChI=1S/C18H23N3O3/c1-3-23-16-8-6-14(7-9-16)11-17(22)21-10-4-5-15(12-21)18-20-19-13(2)24-18/h6-9,15H,3-5,10-12H2,1-2H3. The number of carbonyl (C=O) groups is 1. The SMILES string of the molecule is CCOc1ccc(CC(=O)N2CCCC(c3nnc(C)o3)C2)cc1. The number of amides is 1. The Hall–Kier alpha value is -2.37. The summed E-state index contributed by atoms with van der Waals surface area (Å²) in [7, 11) is 0. The van der Waals surface area contributed by atoms with Crippen molar-refractivity contribution in [3.05, 3.63) is 41.6 Å². The third kappa shape index (κ3) is 3.93. The van der Waals surface area contributed by atoms with Crippen LogP contribution in [0.3, 0.4) is 0 Å². The maximum Gasteiger partial charge on any atom is 0.227 e. The summed E-state index contributed by atoms with van der Waals surface area (Å²) in [5, 5.41) is 8.00. The fraction of sp³-hybridized carbons (Fsp3) is 0.500. The molecule has 3 rings (SSSR count). The summed E-state index contributed by atoms with van der Waals surface area (Å²) < 4.78 is 11.0. The quantitative estimate of drug-likeness (QED) is 0.843. The minimum atomic E-state index is 0.139. The number of nitrogens with zero attached hydrogens (tertiary/aromatic N) is 3. The molecular formula is C18H23N3O3. The van der Waals surface area contributed by atoms with Crippen molar-refractivity contribution in [2.75, 3.05) is 19.7 Å². The van der Waals surface area contributed by atoms with Gasteiger partial charge in [0.05, 0.1) is 18.9 Å². The van der Waals surface area contributed by atoms with Crippen LogP contribution in [0.1, 0.15) is 43.0 Å². The van der Waals surface area contributed by atoms with Crippen LogP contribution in [0.25, 0.3) is 0 Å². The summed E-state index contributed by atoms with van der Waals surface area (Å²) in [5.41, 5.74) is 0.999. The molecule has 6 heteroatoms. The first-order valence-electron chi connectivity index (χ1n) is 8.45. The van der Waals surface area contributed by atoms with E-state index in [-0.39, 0.29) is 11.8 Å². The lowest BCUT2D eigenvalue weighted by atomic mass is 9.97. The van der Waals surface area contributed by atoms with Crippen LogP contribution in [-0.4, -0.2) is 40.7 Å². The number of likely N-dealkylation sites (tertiary alicyclic amines) is 1. The lowest BCUT2D eigenvalue weighted by Crippen LogP contribution is -2.40. The van der Waals surface area contributed by atoms with Crippen molar-refractivity contribution in [3.8, 4) is 5.75 Å². The second-order valence-corrected chi connectivity index (χ2v) is 6.09. The van der Waals surface area contributed by atoms with Crippen LogP contribution in [-0.2, 0) is 11.2 Å². The van der Waals surface area contributed by atoms with Crippen LogP contribution in [0, 0.1) is 6.92 Å². The lowest BCUT2D eigenvalue weighted by Gasteiger charge is -2.31. The van der Waals surface area contributed by atoms with E-state index in [1.165, 1.54) is 0 Å². The van der Waals surface area contributed by atoms with Crippen LogP contribution < -0.4 is 4.74 Å².